The first-order valence-corrected chi connectivity index (χ1v) is 11.2. The Hall–Kier alpha value is -2.57. The maximum absolute atomic E-state index is 12.6. The van der Waals surface area contributed by atoms with Crippen molar-refractivity contribution in [1.29, 1.82) is 0 Å². The van der Waals surface area contributed by atoms with Crippen LogP contribution in [-0.4, -0.2) is 27.2 Å². The molecule has 156 valence electrons. The molecule has 1 N–H and O–H groups in total. The minimum Gasteiger partial charge on any atom is -0.352 e. The lowest BCUT2D eigenvalue weighted by Crippen LogP contribution is -2.28. The summed E-state index contributed by atoms with van der Waals surface area (Å²) in [6.07, 6.45) is 1.81. The van der Waals surface area contributed by atoms with E-state index in [9.17, 15) is 4.79 Å². The van der Waals surface area contributed by atoms with E-state index in [1.165, 1.54) is 11.8 Å². The second-order valence-electron chi connectivity index (χ2n) is 7.24. The third-order valence-electron chi connectivity index (χ3n) is 4.43. The molecule has 0 radical (unpaired) electrons. The zero-order chi connectivity index (χ0) is 21.5. The Labute approximate surface area is 186 Å². The summed E-state index contributed by atoms with van der Waals surface area (Å²) in [5.41, 5.74) is 2.47. The van der Waals surface area contributed by atoms with Gasteiger partial charge in [-0.25, -0.2) is 0 Å². The molecule has 0 saturated heterocycles. The summed E-state index contributed by atoms with van der Waals surface area (Å²) < 4.78 is 1.99. The molecular weight excluding hydrogens is 416 g/mol. The fourth-order valence-electron chi connectivity index (χ4n) is 2.93. The molecule has 1 aromatic heterocycles. The zero-order valence-corrected chi connectivity index (χ0v) is 18.7. The molecule has 5 nitrogen and oxygen atoms in total. The van der Waals surface area contributed by atoms with Crippen LogP contribution in [-0.2, 0) is 12.3 Å². The Morgan fingerprint density at radius 3 is 2.67 bits per heavy atom. The van der Waals surface area contributed by atoms with Crippen LogP contribution in [0.15, 0.2) is 66.3 Å². The number of allylic oxidation sites excluding steroid dienone is 1. The molecule has 0 atom stereocenters. The van der Waals surface area contributed by atoms with Crippen LogP contribution in [0.3, 0.4) is 0 Å². The summed E-state index contributed by atoms with van der Waals surface area (Å²) in [5, 5.41) is 13.1. The Kier molecular flexibility index (Phi) is 7.71. The smallest absolute Gasteiger partial charge is 0.251 e. The van der Waals surface area contributed by atoms with Crippen molar-refractivity contribution in [2.45, 2.75) is 31.3 Å². The lowest BCUT2D eigenvalue weighted by atomic mass is 10.1. The van der Waals surface area contributed by atoms with E-state index in [1.807, 2.05) is 53.1 Å². The zero-order valence-electron chi connectivity index (χ0n) is 17.1. The normalized spacial score (nSPS) is 10.9. The number of thioether (sulfide) groups is 1. The molecule has 1 amide bonds. The van der Waals surface area contributed by atoms with Crippen LogP contribution in [0.1, 0.15) is 29.8 Å². The van der Waals surface area contributed by atoms with Gasteiger partial charge in [0.15, 0.2) is 11.0 Å². The number of nitrogens with zero attached hydrogens (tertiary/aromatic N) is 3. The molecule has 0 aliphatic heterocycles. The summed E-state index contributed by atoms with van der Waals surface area (Å²) in [4.78, 5) is 12.6. The molecule has 3 rings (SSSR count). The molecule has 0 aliphatic rings. The molecule has 1 heterocycles. The number of aromatic nitrogens is 3. The van der Waals surface area contributed by atoms with Crippen LogP contribution in [0.25, 0.3) is 11.4 Å². The van der Waals surface area contributed by atoms with Crippen LogP contribution in [0, 0.1) is 5.92 Å². The van der Waals surface area contributed by atoms with Gasteiger partial charge in [0.2, 0.25) is 0 Å². The average molecular weight is 441 g/mol. The average Bonchev–Trinajstić information content (AvgIpc) is 3.13. The lowest BCUT2D eigenvalue weighted by molar-refractivity contribution is 0.0948. The van der Waals surface area contributed by atoms with E-state index in [2.05, 4.69) is 35.9 Å². The van der Waals surface area contributed by atoms with E-state index < -0.39 is 0 Å². The number of carbonyl (C=O) groups is 1. The fraction of sp³-hybridized carbons (Fsp3) is 0.261. The van der Waals surface area contributed by atoms with Crippen LogP contribution in [0.2, 0.25) is 5.02 Å². The van der Waals surface area contributed by atoms with Gasteiger partial charge in [-0.1, -0.05) is 73.6 Å². The highest BCUT2D eigenvalue weighted by atomic mass is 35.5. The molecule has 0 bridgehead atoms. The van der Waals surface area contributed by atoms with Crippen LogP contribution in [0.5, 0.6) is 0 Å². The Bertz CT molecular complexity index is 1030. The minimum absolute atomic E-state index is 0.0517. The molecule has 0 saturated carbocycles. The first-order chi connectivity index (χ1) is 14.5. The standard InChI is InChI=1S/C23H25ClN4OS/c1-4-13-28-21(19-11-7-8-12-20(19)24)26-27-23(28)30-15-17-9-5-6-10-18(17)22(29)25-14-16(2)3/h4-12,16H,1,13-15H2,2-3H3,(H,25,29). The number of amides is 1. The van der Waals surface area contributed by atoms with Crippen molar-refractivity contribution in [1.82, 2.24) is 20.1 Å². The number of carbonyl (C=O) groups excluding carboxylic acids is 1. The lowest BCUT2D eigenvalue weighted by Gasteiger charge is -2.12. The molecule has 0 aliphatic carbocycles. The predicted octanol–water partition coefficient (Wildman–Crippen LogP) is 5.46. The largest absolute Gasteiger partial charge is 0.352 e. The number of benzene rings is 2. The topological polar surface area (TPSA) is 59.8 Å². The monoisotopic (exact) mass is 440 g/mol. The van der Waals surface area contributed by atoms with Crippen molar-refractivity contribution in [3.05, 3.63) is 77.3 Å². The fourth-order valence-corrected chi connectivity index (χ4v) is 4.10. The van der Waals surface area contributed by atoms with Crippen LogP contribution < -0.4 is 5.32 Å². The quantitative estimate of drug-likeness (QED) is 0.354. The van der Waals surface area contributed by atoms with E-state index in [0.717, 1.165) is 16.3 Å². The van der Waals surface area contributed by atoms with E-state index in [0.29, 0.717) is 41.2 Å². The molecule has 3 aromatic rings. The van der Waals surface area contributed by atoms with Crippen molar-refractivity contribution in [2.24, 2.45) is 5.92 Å². The van der Waals surface area contributed by atoms with Crippen LogP contribution >= 0.6 is 23.4 Å². The van der Waals surface area contributed by atoms with Crippen LogP contribution in [0.4, 0.5) is 0 Å². The maximum atomic E-state index is 12.6. The summed E-state index contributed by atoms with van der Waals surface area (Å²) in [5.74, 6) is 1.65. The van der Waals surface area contributed by atoms with E-state index in [-0.39, 0.29) is 5.91 Å². The Morgan fingerprint density at radius 1 is 1.20 bits per heavy atom. The van der Waals surface area contributed by atoms with Crippen molar-refractivity contribution in [3.8, 4) is 11.4 Å². The molecule has 30 heavy (non-hydrogen) atoms. The highest BCUT2D eigenvalue weighted by Gasteiger charge is 2.17. The molecule has 0 unspecified atom stereocenters. The maximum Gasteiger partial charge on any atom is 0.251 e. The summed E-state index contributed by atoms with van der Waals surface area (Å²) in [6, 6.07) is 15.2. The highest BCUT2D eigenvalue weighted by Crippen LogP contribution is 2.30. The van der Waals surface area contributed by atoms with Gasteiger partial charge >= 0.3 is 0 Å². The highest BCUT2D eigenvalue weighted by molar-refractivity contribution is 7.98. The van der Waals surface area contributed by atoms with E-state index in [1.54, 1.807) is 6.08 Å². The molecule has 0 spiro atoms. The van der Waals surface area contributed by atoms with Gasteiger partial charge < -0.3 is 5.32 Å². The van der Waals surface area contributed by atoms with E-state index >= 15 is 0 Å². The number of hydrogen-bond acceptors (Lipinski definition) is 4. The van der Waals surface area contributed by atoms with Gasteiger partial charge in [-0.2, -0.15) is 0 Å². The third-order valence-corrected chi connectivity index (χ3v) is 5.78. The summed E-state index contributed by atoms with van der Waals surface area (Å²) in [6.45, 7) is 9.21. The molecule has 0 fully saturated rings. The van der Waals surface area contributed by atoms with Gasteiger partial charge in [-0.3, -0.25) is 9.36 Å². The number of rotatable bonds is 9. The summed E-state index contributed by atoms with van der Waals surface area (Å²) in [7, 11) is 0. The SMILES string of the molecule is C=CCn1c(SCc2ccccc2C(=O)NCC(C)C)nnc1-c1ccccc1Cl. The third kappa shape index (κ3) is 5.32. The second-order valence-corrected chi connectivity index (χ2v) is 8.58. The number of nitrogens with one attached hydrogen (secondary N) is 1. The minimum atomic E-state index is -0.0517. The van der Waals surface area contributed by atoms with Gasteiger partial charge in [-0.15, -0.1) is 16.8 Å². The number of hydrogen-bond donors (Lipinski definition) is 1. The van der Waals surface area contributed by atoms with Gasteiger partial charge in [0.05, 0.1) is 5.02 Å². The number of halogens is 1. The first kappa shape index (κ1) is 22.1. The van der Waals surface area contributed by atoms with E-state index in [4.69, 9.17) is 11.6 Å². The van der Waals surface area contributed by atoms with Gasteiger partial charge in [0.25, 0.3) is 5.91 Å². The predicted molar refractivity (Wildman–Crippen MR) is 124 cm³/mol. The van der Waals surface area contributed by atoms with Gasteiger partial charge in [0, 0.05) is 30.0 Å². The second kappa shape index (κ2) is 10.5. The Morgan fingerprint density at radius 2 is 1.93 bits per heavy atom. The Balaban J connectivity index is 1.83. The van der Waals surface area contributed by atoms with Crippen molar-refractivity contribution in [2.75, 3.05) is 6.54 Å². The van der Waals surface area contributed by atoms with Crippen molar-refractivity contribution in [3.63, 3.8) is 0 Å². The van der Waals surface area contributed by atoms with Crippen molar-refractivity contribution >= 4 is 29.3 Å². The summed E-state index contributed by atoms with van der Waals surface area (Å²) >= 11 is 7.90. The van der Waals surface area contributed by atoms with Crippen molar-refractivity contribution < 1.29 is 4.79 Å². The first-order valence-electron chi connectivity index (χ1n) is 9.79. The molecule has 7 heteroatoms. The van der Waals surface area contributed by atoms with Gasteiger partial charge in [-0.05, 0) is 29.7 Å². The molecule has 2 aromatic carbocycles. The molecular formula is C23H25ClN4OS. The van der Waals surface area contributed by atoms with Gasteiger partial charge in [0.1, 0.15) is 0 Å².